The van der Waals surface area contributed by atoms with Crippen LogP contribution in [0.4, 0.5) is 0 Å². The third kappa shape index (κ3) is 4.59. The van der Waals surface area contributed by atoms with Crippen LogP contribution in [-0.4, -0.2) is 18.4 Å². The molecular weight excluding hydrogens is 479 g/mol. The summed E-state index contributed by atoms with van der Waals surface area (Å²) in [5.74, 6) is -0.823. The summed E-state index contributed by atoms with van der Waals surface area (Å²) in [5.41, 5.74) is 7.61. The van der Waals surface area contributed by atoms with Crippen LogP contribution >= 0.6 is 23.2 Å². The summed E-state index contributed by atoms with van der Waals surface area (Å²) in [5, 5.41) is 0.740. The normalized spacial score (nSPS) is 13.6. The van der Waals surface area contributed by atoms with Crippen molar-refractivity contribution in [1.29, 1.82) is 0 Å². The topological polar surface area (TPSA) is 43.4 Å². The van der Waals surface area contributed by atoms with Gasteiger partial charge in [-0.1, -0.05) is 76.8 Å². The average molecular weight is 505 g/mol. The Morgan fingerprint density at radius 2 is 1.29 bits per heavy atom. The Morgan fingerprint density at radius 1 is 0.743 bits per heavy atom. The van der Waals surface area contributed by atoms with Crippen molar-refractivity contribution in [3.8, 4) is 0 Å². The van der Waals surface area contributed by atoms with Gasteiger partial charge in [-0.15, -0.1) is 0 Å². The number of hydrogen-bond acceptors (Lipinski definition) is 3. The molecular formula is C30H26Cl2O3. The lowest BCUT2D eigenvalue weighted by Gasteiger charge is -2.16. The molecule has 4 rings (SSSR count). The van der Waals surface area contributed by atoms with E-state index < -0.39 is 5.97 Å². The van der Waals surface area contributed by atoms with E-state index in [1.165, 1.54) is 0 Å². The SMILES string of the molecule is CCOC(=O)C1=C(c2ccc(Cl)cc2Cl)C(=O)C(c2ccc(C)cc2C)=C1c1ccc(C)cc1C. The lowest BCUT2D eigenvalue weighted by molar-refractivity contribution is -0.138. The van der Waals surface area contributed by atoms with Crippen molar-refractivity contribution >= 4 is 51.7 Å². The number of ketones is 1. The first-order valence-corrected chi connectivity index (χ1v) is 12.2. The fourth-order valence-corrected chi connectivity index (χ4v) is 5.18. The quantitative estimate of drug-likeness (QED) is 0.333. The lowest BCUT2D eigenvalue weighted by atomic mass is 9.88. The van der Waals surface area contributed by atoms with Crippen LogP contribution in [0.1, 0.15) is 45.9 Å². The summed E-state index contributed by atoms with van der Waals surface area (Å²) < 4.78 is 5.49. The summed E-state index contributed by atoms with van der Waals surface area (Å²) >= 11 is 12.7. The van der Waals surface area contributed by atoms with Crippen LogP contribution in [0.5, 0.6) is 0 Å². The third-order valence-corrected chi connectivity index (χ3v) is 6.73. The Labute approximate surface area is 216 Å². The van der Waals surface area contributed by atoms with Gasteiger partial charge < -0.3 is 4.74 Å². The minimum atomic E-state index is -0.559. The highest BCUT2D eigenvalue weighted by atomic mass is 35.5. The molecule has 178 valence electrons. The molecule has 0 unspecified atom stereocenters. The van der Waals surface area contributed by atoms with Gasteiger partial charge in [0.05, 0.1) is 17.2 Å². The zero-order chi connectivity index (χ0) is 25.4. The molecule has 0 saturated heterocycles. The van der Waals surface area contributed by atoms with Gasteiger partial charge in [0.1, 0.15) is 0 Å². The molecule has 3 aromatic rings. The van der Waals surface area contributed by atoms with Crippen LogP contribution in [0.3, 0.4) is 0 Å². The van der Waals surface area contributed by atoms with E-state index in [9.17, 15) is 9.59 Å². The predicted octanol–water partition coefficient (Wildman–Crippen LogP) is 7.74. The number of halogens is 2. The third-order valence-electron chi connectivity index (χ3n) is 6.19. The highest BCUT2D eigenvalue weighted by Crippen LogP contribution is 2.48. The maximum Gasteiger partial charge on any atom is 0.339 e. The highest BCUT2D eigenvalue weighted by Gasteiger charge is 2.40. The molecule has 3 nitrogen and oxygen atoms in total. The number of ether oxygens (including phenoxy) is 1. The van der Waals surface area contributed by atoms with E-state index in [1.807, 2.05) is 64.1 Å². The van der Waals surface area contributed by atoms with E-state index in [-0.39, 0.29) is 23.5 Å². The zero-order valence-corrected chi connectivity index (χ0v) is 21.9. The summed E-state index contributed by atoms with van der Waals surface area (Å²) in [6.45, 7) is 9.90. The number of allylic oxidation sites excluding steroid dienone is 2. The lowest BCUT2D eigenvalue weighted by Crippen LogP contribution is -2.11. The molecule has 3 aromatic carbocycles. The van der Waals surface area contributed by atoms with Crippen LogP contribution < -0.4 is 0 Å². The van der Waals surface area contributed by atoms with Crippen molar-refractivity contribution < 1.29 is 14.3 Å². The maximum atomic E-state index is 14.2. The summed E-state index contributed by atoms with van der Waals surface area (Å²) in [6, 6.07) is 16.9. The standard InChI is InChI=1S/C30H26Cl2O3/c1-6-35-30(34)28-25(21-10-7-16(2)13-18(21)4)26(22-11-8-17(3)14-19(22)5)29(33)27(28)23-12-9-20(31)15-24(23)32/h7-15H,6H2,1-5H3. The van der Waals surface area contributed by atoms with E-state index in [4.69, 9.17) is 27.9 Å². The fourth-order valence-electron chi connectivity index (χ4n) is 4.67. The first-order chi connectivity index (χ1) is 16.6. The Morgan fingerprint density at radius 3 is 1.80 bits per heavy atom. The van der Waals surface area contributed by atoms with Crippen LogP contribution in [0.2, 0.25) is 10.0 Å². The Hall–Kier alpha value is -3.14. The second-order valence-corrected chi connectivity index (χ2v) is 9.65. The Kier molecular flexibility index (Phi) is 7.02. The minimum Gasteiger partial charge on any atom is -0.462 e. The summed E-state index contributed by atoms with van der Waals surface area (Å²) in [6.07, 6.45) is 0. The van der Waals surface area contributed by atoms with Crippen LogP contribution in [0.25, 0.3) is 16.7 Å². The van der Waals surface area contributed by atoms with Crippen molar-refractivity contribution in [3.63, 3.8) is 0 Å². The number of Topliss-reactive ketones (excluding diaryl/α,β-unsaturated/α-hetero) is 1. The number of esters is 1. The van der Waals surface area contributed by atoms with Gasteiger partial charge in [-0.2, -0.15) is 0 Å². The monoisotopic (exact) mass is 504 g/mol. The van der Waals surface area contributed by atoms with Crippen LogP contribution in [0.15, 0.2) is 60.2 Å². The van der Waals surface area contributed by atoms with Gasteiger partial charge in [0.2, 0.25) is 0 Å². The number of hydrogen-bond donors (Lipinski definition) is 0. The molecule has 0 N–H and O–H groups in total. The maximum absolute atomic E-state index is 14.2. The fraction of sp³-hybridized carbons (Fsp3) is 0.200. The number of carbonyl (C=O) groups is 2. The van der Waals surface area contributed by atoms with Gasteiger partial charge in [0, 0.05) is 27.3 Å². The van der Waals surface area contributed by atoms with E-state index in [0.29, 0.717) is 26.8 Å². The predicted molar refractivity (Wildman–Crippen MR) is 144 cm³/mol. The molecule has 0 aliphatic heterocycles. The summed E-state index contributed by atoms with van der Waals surface area (Å²) in [7, 11) is 0. The Bertz CT molecular complexity index is 1440. The zero-order valence-electron chi connectivity index (χ0n) is 20.4. The Balaban J connectivity index is 2.14. The average Bonchev–Trinajstić information content (AvgIpc) is 3.06. The second kappa shape index (κ2) is 9.85. The number of carbonyl (C=O) groups excluding carboxylic acids is 2. The van der Waals surface area contributed by atoms with Gasteiger partial charge in [-0.05, 0) is 69.0 Å². The van der Waals surface area contributed by atoms with Gasteiger partial charge in [-0.25, -0.2) is 4.79 Å². The molecule has 0 atom stereocenters. The van der Waals surface area contributed by atoms with E-state index >= 15 is 0 Å². The molecule has 0 bridgehead atoms. The second-order valence-electron chi connectivity index (χ2n) is 8.81. The molecule has 0 saturated carbocycles. The van der Waals surface area contributed by atoms with Crippen molar-refractivity contribution in [2.45, 2.75) is 34.6 Å². The summed E-state index contributed by atoms with van der Waals surface area (Å²) in [4.78, 5) is 27.7. The molecule has 0 radical (unpaired) electrons. The molecule has 0 fully saturated rings. The number of aryl methyl sites for hydroxylation is 4. The van der Waals surface area contributed by atoms with Crippen molar-refractivity contribution in [3.05, 3.63) is 109 Å². The largest absolute Gasteiger partial charge is 0.462 e. The minimum absolute atomic E-state index is 0.178. The van der Waals surface area contributed by atoms with E-state index in [1.54, 1.807) is 25.1 Å². The first-order valence-electron chi connectivity index (χ1n) is 11.5. The molecule has 1 aliphatic rings. The number of rotatable bonds is 5. The van der Waals surface area contributed by atoms with Crippen molar-refractivity contribution in [1.82, 2.24) is 0 Å². The van der Waals surface area contributed by atoms with Gasteiger partial charge in [0.25, 0.3) is 0 Å². The van der Waals surface area contributed by atoms with Gasteiger partial charge >= 0.3 is 5.97 Å². The first kappa shape index (κ1) is 25.0. The van der Waals surface area contributed by atoms with Crippen LogP contribution in [0, 0.1) is 27.7 Å². The molecule has 0 amide bonds. The molecule has 0 spiro atoms. The van der Waals surface area contributed by atoms with Gasteiger partial charge in [0.15, 0.2) is 5.78 Å². The van der Waals surface area contributed by atoms with Gasteiger partial charge in [-0.3, -0.25) is 4.79 Å². The van der Waals surface area contributed by atoms with Crippen molar-refractivity contribution in [2.75, 3.05) is 6.61 Å². The van der Waals surface area contributed by atoms with Crippen LogP contribution in [-0.2, 0) is 14.3 Å². The smallest absolute Gasteiger partial charge is 0.339 e. The molecule has 5 heteroatoms. The van der Waals surface area contributed by atoms with Crippen molar-refractivity contribution in [2.24, 2.45) is 0 Å². The molecule has 35 heavy (non-hydrogen) atoms. The van der Waals surface area contributed by atoms with E-state index in [0.717, 1.165) is 33.4 Å². The van der Waals surface area contributed by atoms with E-state index in [2.05, 4.69) is 0 Å². The molecule has 0 heterocycles. The molecule has 0 aromatic heterocycles. The number of benzene rings is 3. The highest BCUT2D eigenvalue weighted by molar-refractivity contribution is 6.56. The molecule has 1 aliphatic carbocycles.